The third-order valence-corrected chi connectivity index (χ3v) is 4.75. The van der Waals surface area contributed by atoms with E-state index in [0.29, 0.717) is 13.1 Å². The zero-order valence-electron chi connectivity index (χ0n) is 16.2. The van der Waals surface area contributed by atoms with Crippen LogP contribution in [0.5, 0.6) is 0 Å². The maximum atomic E-state index is 12.8. The van der Waals surface area contributed by atoms with Gasteiger partial charge in [0.25, 0.3) is 0 Å². The quantitative estimate of drug-likeness (QED) is 0.671. The van der Waals surface area contributed by atoms with Crippen molar-refractivity contribution >= 4 is 28.2 Å². The predicted octanol–water partition coefficient (Wildman–Crippen LogP) is 3.82. The van der Waals surface area contributed by atoms with Gasteiger partial charge in [0.05, 0.1) is 23.4 Å². The number of benzene rings is 1. The number of anilines is 1. The molecule has 0 saturated heterocycles. The number of aromatic nitrogens is 2. The summed E-state index contributed by atoms with van der Waals surface area (Å²) in [5, 5.41) is 4.02. The first-order valence-electron chi connectivity index (χ1n) is 9.74. The van der Waals surface area contributed by atoms with Gasteiger partial charge in [-0.3, -0.25) is 24.7 Å². The minimum Gasteiger partial charge on any atom is -0.323 e. The Bertz CT molecular complexity index is 1040. The highest BCUT2D eigenvalue weighted by atomic mass is 16.2. The fourth-order valence-corrected chi connectivity index (χ4v) is 3.41. The number of para-hydroxylation sites is 1. The van der Waals surface area contributed by atoms with E-state index in [-0.39, 0.29) is 12.5 Å². The van der Waals surface area contributed by atoms with Gasteiger partial charge in [0.15, 0.2) is 0 Å². The number of hydrogen-bond acceptors (Lipinski definition) is 5. The SMILES string of the molecule is O=C(CN(CC1=NC=CCC1)Cc1ccccn1)Nc1cccc2cccnc12. The van der Waals surface area contributed by atoms with Crippen molar-refractivity contribution in [1.29, 1.82) is 0 Å². The fourth-order valence-electron chi connectivity index (χ4n) is 3.41. The van der Waals surface area contributed by atoms with Gasteiger partial charge < -0.3 is 5.32 Å². The Morgan fingerprint density at radius 3 is 2.72 bits per heavy atom. The van der Waals surface area contributed by atoms with Gasteiger partial charge in [-0.2, -0.15) is 0 Å². The molecule has 146 valence electrons. The van der Waals surface area contributed by atoms with Crippen molar-refractivity contribution in [3.63, 3.8) is 0 Å². The second-order valence-corrected chi connectivity index (χ2v) is 7.01. The summed E-state index contributed by atoms with van der Waals surface area (Å²) in [6.45, 7) is 1.48. The van der Waals surface area contributed by atoms with Crippen molar-refractivity contribution in [1.82, 2.24) is 14.9 Å². The Balaban J connectivity index is 1.49. The maximum Gasteiger partial charge on any atom is 0.238 e. The summed E-state index contributed by atoms with van der Waals surface area (Å²) in [5.41, 5.74) is 3.53. The third kappa shape index (κ3) is 5.12. The second-order valence-electron chi connectivity index (χ2n) is 7.01. The summed E-state index contributed by atoms with van der Waals surface area (Å²) in [6, 6.07) is 15.5. The van der Waals surface area contributed by atoms with Crippen LogP contribution in [0.4, 0.5) is 5.69 Å². The number of hydrogen-bond donors (Lipinski definition) is 1. The largest absolute Gasteiger partial charge is 0.323 e. The van der Waals surface area contributed by atoms with Gasteiger partial charge in [-0.1, -0.05) is 30.3 Å². The average molecular weight is 385 g/mol. The van der Waals surface area contributed by atoms with Crippen molar-refractivity contribution in [2.24, 2.45) is 4.99 Å². The molecular formula is C23H23N5O. The number of fused-ring (bicyclic) bond motifs is 1. The highest BCUT2D eigenvalue weighted by Crippen LogP contribution is 2.20. The highest BCUT2D eigenvalue weighted by Gasteiger charge is 2.16. The predicted molar refractivity (Wildman–Crippen MR) is 116 cm³/mol. The van der Waals surface area contributed by atoms with Crippen LogP contribution in [-0.4, -0.2) is 39.6 Å². The summed E-state index contributed by atoms with van der Waals surface area (Å²) in [4.78, 5) is 28.2. The molecule has 1 aliphatic rings. The Morgan fingerprint density at radius 1 is 1.00 bits per heavy atom. The Morgan fingerprint density at radius 2 is 1.90 bits per heavy atom. The van der Waals surface area contributed by atoms with Crippen LogP contribution in [0.2, 0.25) is 0 Å². The van der Waals surface area contributed by atoms with Crippen molar-refractivity contribution in [3.05, 3.63) is 78.9 Å². The summed E-state index contributed by atoms with van der Waals surface area (Å²) in [6.07, 6.45) is 9.33. The molecule has 0 atom stereocenters. The molecule has 0 aliphatic carbocycles. The summed E-state index contributed by atoms with van der Waals surface area (Å²) >= 11 is 0. The van der Waals surface area contributed by atoms with E-state index in [9.17, 15) is 4.79 Å². The van der Waals surface area contributed by atoms with Gasteiger partial charge in [-0.15, -0.1) is 0 Å². The van der Waals surface area contributed by atoms with Gasteiger partial charge in [0, 0.05) is 42.8 Å². The second kappa shape index (κ2) is 9.21. The zero-order chi connectivity index (χ0) is 19.9. The molecule has 0 radical (unpaired) electrons. The number of amides is 1. The monoisotopic (exact) mass is 385 g/mol. The summed E-state index contributed by atoms with van der Waals surface area (Å²) in [7, 11) is 0. The lowest BCUT2D eigenvalue weighted by molar-refractivity contribution is -0.117. The molecule has 6 nitrogen and oxygen atoms in total. The van der Waals surface area contributed by atoms with E-state index in [1.165, 1.54) is 0 Å². The van der Waals surface area contributed by atoms with E-state index in [1.807, 2.05) is 54.7 Å². The van der Waals surface area contributed by atoms with Gasteiger partial charge >= 0.3 is 0 Å². The minimum absolute atomic E-state index is 0.0777. The molecular weight excluding hydrogens is 362 g/mol. The standard InChI is InChI=1S/C23H23N5O/c29-22(27-21-11-5-7-18-8-6-14-26-23(18)21)17-28(15-19-9-1-3-12-24-19)16-20-10-2-4-13-25-20/h1,3-9,11-14H,2,10,15-17H2,(H,27,29). The Kier molecular flexibility index (Phi) is 6.02. The molecule has 1 aromatic carbocycles. The maximum absolute atomic E-state index is 12.8. The minimum atomic E-state index is -0.0777. The lowest BCUT2D eigenvalue weighted by Crippen LogP contribution is -2.37. The molecule has 6 heteroatoms. The van der Waals surface area contributed by atoms with Crippen LogP contribution in [0.25, 0.3) is 10.9 Å². The molecule has 0 unspecified atom stereocenters. The van der Waals surface area contributed by atoms with Crippen molar-refractivity contribution in [2.45, 2.75) is 19.4 Å². The first kappa shape index (κ1) is 19.0. The number of pyridine rings is 2. The van der Waals surface area contributed by atoms with Crippen molar-refractivity contribution in [3.8, 4) is 0 Å². The Labute approximate surface area is 170 Å². The normalized spacial score (nSPS) is 13.5. The van der Waals surface area contributed by atoms with Crippen LogP contribution in [0.15, 0.2) is 78.2 Å². The van der Waals surface area contributed by atoms with Crippen LogP contribution in [-0.2, 0) is 11.3 Å². The van der Waals surface area contributed by atoms with Gasteiger partial charge in [-0.25, -0.2) is 0 Å². The molecule has 3 aromatic rings. The first-order valence-corrected chi connectivity index (χ1v) is 9.74. The lowest BCUT2D eigenvalue weighted by atomic mass is 10.1. The molecule has 0 saturated carbocycles. The summed E-state index contributed by atoms with van der Waals surface area (Å²) < 4.78 is 0. The zero-order valence-corrected chi connectivity index (χ0v) is 16.2. The first-order chi connectivity index (χ1) is 14.3. The van der Waals surface area contributed by atoms with E-state index in [0.717, 1.165) is 40.8 Å². The molecule has 0 fully saturated rings. The van der Waals surface area contributed by atoms with E-state index < -0.39 is 0 Å². The number of aliphatic imine (C=N–C) groups is 1. The van der Waals surface area contributed by atoms with Crippen LogP contribution in [0.3, 0.4) is 0 Å². The molecule has 4 rings (SSSR count). The summed E-state index contributed by atoms with van der Waals surface area (Å²) in [5.74, 6) is -0.0777. The molecule has 0 spiro atoms. The third-order valence-electron chi connectivity index (χ3n) is 4.75. The molecule has 1 aliphatic heterocycles. The van der Waals surface area contributed by atoms with Crippen LogP contribution < -0.4 is 5.32 Å². The number of nitrogens with one attached hydrogen (secondary N) is 1. The van der Waals surface area contributed by atoms with Crippen LogP contribution in [0, 0.1) is 0 Å². The number of nitrogens with zero attached hydrogens (tertiary/aromatic N) is 4. The topological polar surface area (TPSA) is 70.5 Å². The number of carbonyl (C=O) groups excluding carboxylic acids is 1. The van der Waals surface area contributed by atoms with Crippen LogP contribution >= 0.6 is 0 Å². The molecule has 1 amide bonds. The number of allylic oxidation sites excluding steroid dienone is 1. The van der Waals surface area contributed by atoms with E-state index >= 15 is 0 Å². The van der Waals surface area contributed by atoms with Gasteiger partial charge in [-0.05, 0) is 37.1 Å². The number of carbonyl (C=O) groups is 1. The average Bonchev–Trinajstić information content (AvgIpc) is 2.75. The molecule has 1 N–H and O–H groups in total. The molecule has 2 aromatic heterocycles. The van der Waals surface area contributed by atoms with Gasteiger partial charge in [0.1, 0.15) is 0 Å². The lowest BCUT2D eigenvalue weighted by Gasteiger charge is -2.23. The van der Waals surface area contributed by atoms with E-state index in [4.69, 9.17) is 0 Å². The van der Waals surface area contributed by atoms with Crippen molar-refractivity contribution in [2.75, 3.05) is 18.4 Å². The molecule has 0 bridgehead atoms. The highest BCUT2D eigenvalue weighted by molar-refractivity contribution is 6.01. The fraction of sp³-hybridized carbons (Fsp3) is 0.217. The van der Waals surface area contributed by atoms with Gasteiger partial charge in [0.2, 0.25) is 5.91 Å². The van der Waals surface area contributed by atoms with E-state index in [1.54, 1.807) is 12.4 Å². The smallest absolute Gasteiger partial charge is 0.238 e. The van der Waals surface area contributed by atoms with Crippen LogP contribution in [0.1, 0.15) is 18.5 Å². The molecule has 3 heterocycles. The number of rotatable bonds is 7. The van der Waals surface area contributed by atoms with Crippen molar-refractivity contribution < 1.29 is 4.79 Å². The molecule has 29 heavy (non-hydrogen) atoms. The Hall–Kier alpha value is -3.38. The van der Waals surface area contributed by atoms with E-state index in [2.05, 4.69) is 31.3 Å².